The fourth-order valence-electron chi connectivity index (χ4n) is 3.19. The van der Waals surface area contributed by atoms with Crippen LogP contribution in [0.5, 0.6) is 5.75 Å². The summed E-state index contributed by atoms with van der Waals surface area (Å²) in [7, 11) is 2.21. The molecule has 2 rings (SSSR count). The number of ether oxygens (including phenoxy) is 1. The van der Waals surface area contributed by atoms with E-state index in [0.29, 0.717) is 24.2 Å². The summed E-state index contributed by atoms with van der Waals surface area (Å²) in [6.45, 7) is 8.61. The Hall–Kier alpha value is -0.810. The van der Waals surface area contributed by atoms with Gasteiger partial charge in [0.1, 0.15) is 5.75 Å². The van der Waals surface area contributed by atoms with Crippen molar-refractivity contribution in [2.24, 2.45) is 5.73 Å². The first-order valence-electron chi connectivity index (χ1n) is 8.17. The Morgan fingerprint density at radius 2 is 2.14 bits per heavy atom. The van der Waals surface area contributed by atoms with Gasteiger partial charge in [-0.1, -0.05) is 24.6 Å². The van der Waals surface area contributed by atoms with Crippen LogP contribution in [0.4, 0.5) is 0 Å². The second kappa shape index (κ2) is 8.16. The van der Waals surface area contributed by atoms with Crippen LogP contribution >= 0.6 is 11.6 Å². The van der Waals surface area contributed by atoms with Gasteiger partial charge in [-0.05, 0) is 38.1 Å². The molecule has 2 N–H and O–H groups in total. The van der Waals surface area contributed by atoms with Crippen molar-refractivity contribution in [3.63, 3.8) is 0 Å². The summed E-state index contributed by atoms with van der Waals surface area (Å²) in [6.07, 6.45) is 1.16. The number of nitrogens with zero attached hydrogens (tertiary/aromatic N) is 2. The standard InChI is InChI=1S/C17H28ClN3O/c1-4-14-12-21(9-8-20(14)3)16(11-19)13-6-7-17(22-5-2)15(18)10-13/h6-7,10,14,16H,4-5,8-9,11-12,19H2,1-3H3. The molecule has 1 saturated heterocycles. The molecule has 0 radical (unpaired) electrons. The fourth-order valence-corrected chi connectivity index (χ4v) is 3.43. The Balaban J connectivity index is 2.16. The normalized spacial score (nSPS) is 21.8. The lowest BCUT2D eigenvalue weighted by Crippen LogP contribution is -2.53. The Morgan fingerprint density at radius 1 is 1.36 bits per heavy atom. The van der Waals surface area contributed by atoms with Crippen molar-refractivity contribution < 1.29 is 4.74 Å². The number of likely N-dealkylation sites (N-methyl/N-ethyl adjacent to an activating group) is 1. The molecule has 1 aliphatic rings. The monoisotopic (exact) mass is 325 g/mol. The quantitative estimate of drug-likeness (QED) is 0.873. The van der Waals surface area contributed by atoms with Crippen LogP contribution in [0, 0.1) is 0 Å². The SMILES string of the molecule is CCOc1ccc(C(CN)N2CCN(C)C(CC)C2)cc1Cl. The van der Waals surface area contributed by atoms with Crippen molar-refractivity contribution in [2.75, 3.05) is 39.8 Å². The molecule has 1 fully saturated rings. The van der Waals surface area contributed by atoms with Crippen LogP contribution in [0.1, 0.15) is 31.9 Å². The van der Waals surface area contributed by atoms with Crippen LogP contribution in [0.2, 0.25) is 5.02 Å². The molecule has 1 aromatic carbocycles. The highest BCUT2D eigenvalue weighted by atomic mass is 35.5. The van der Waals surface area contributed by atoms with Crippen molar-refractivity contribution in [3.05, 3.63) is 28.8 Å². The van der Waals surface area contributed by atoms with Gasteiger partial charge in [-0.3, -0.25) is 4.90 Å². The van der Waals surface area contributed by atoms with Gasteiger partial charge in [0.25, 0.3) is 0 Å². The van der Waals surface area contributed by atoms with Crippen molar-refractivity contribution in [3.8, 4) is 5.75 Å². The van der Waals surface area contributed by atoms with Gasteiger partial charge in [0.15, 0.2) is 0 Å². The van der Waals surface area contributed by atoms with E-state index in [1.165, 1.54) is 5.56 Å². The van der Waals surface area contributed by atoms with Crippen LogP contribution in [0.3, 0.4) is 0 Å². The number of hydrogen-bond acceptors (Lipinski definition) is 4. The van der Waals surface area contributed by atoms with Crippen LogP contribution < -0.4 is 10.5 Å². The van der Waals surface area contributed by atoms with Gasteiger partial charge < -0.3 is 15.4 Å². The topological polar surface area (TPSA) is 41.7 Å². The molecule has 5 heteroatoms. The van der Waals surface area contributed by atoms with Crippen molar-refractivity contribution in [1.82, 2.24) is 9.80 Å². The summed E-state index contributed by atoms with van der Waals surface area (Å²) in [4.78, 5) is 4.93. The number of benzene rings is 1. The van der Waals surface area contributed by atoms with E-state index < -0.39 is 0 Å². The van der Waals surface area contributed by atoms with Crippen LogP contribution in [-0.2, 0) is 0 Å². The van der Waals surface area contributed by atoms with E-state index in [1.54, 1.807) is 0 Å². The van der Waals surface area contributed by atoms with E-state index in [9.17, 15) is 0 Å². The molecule has 2 atom stereocenters. The molecule has 1 aromatic rings. The Morgan fingerprint density at radius 3 is 2.73 bits per heavy atom. The zero-order chi connectivity index (χ0) is 16.1. The molecule has 0 aromatic heterocycles. The minimum Gasteiger partial charge on any atom is -0.492 e. The maximum atomic E-state index is 6.33. The van der Waals surface area contributed by atoms with E-state index in [4.69, 9.17) is 22.1 Å². The zero-order valence-corrected chi connectivity index (χ0v) is 14.6. The highest BCUT2D eigenvalue weighted by Crippen LogP contribution is 2.31. The summed E-state index contributed by atoms with van der Waals surface area (Å²) in [5.41, 5.74) is 7.25. The lowest BCUT2D eigenvalue weighted by atomic mass is 10.0. The Bertz CT molecular complexity index is 483. The first kappa shape index (κ1) is 17.5. The number of hydrogen-bond donors (Lipinski definition) is 1. The highest BCUT2D eigenvalue weighted by molar-refractivity contribution is 6.32. The summed E-state index contributed by atoms with van der Waals surface area (Å²) >= 11 is 6.33. The molecule has 0 saturated carbocycles. The first-order valence-corrected chi connectivity index (χ1v) is 8.55. The van der Waals surface area contributed by atoms with Gasteiger partial charge >= 0.3 is 0 Å². The highest BCUT2D eigenvalue weighted by Gasteiger charge is 2.28. The van der Waals surface area contributed by atoms with Crippen LogP contribution in [0.25, 0.3) is 0 Å². The average Bonchev–Trinajstić information content (AvgIpc) is 2.52. The molecule has 2 unspecified atom stereocenters. The number of nitrogens with two attached hydrogens (primary N) is 1. The van der Waals surface area contributed by atoms with Gasteiger partial charge in [-0.15, -0.1) is 0 Å². The lowest BCUT2D eigenvalue weighted by Gasteiger charge is -2.42. The minimum absolute atomic E-state index is 0.218. The van der Waals surface area contributed by atoms with Crippen molar-refractivity contribution in [1.29, 1.82) is 0 Å². The van der Waals surface area contributed by atoms with Gasteiger partial charge in [0.2, 0.25) is 0 Å². The molecule has 4 nitrogen and oxygen atoms in total. The predicted octanol–water partition coefficient (Wildman–Crippen LogP) is 2.76. The third-order valence-electron chi connectivity index (χ3n) is 4.58. The molecule has 0 aliphatic carbocycles. The summed E-state index contributed by atoms with van der Waals surface area (Å²) in [6, 6.07) is 6.87. The van der Waals surface area contributed by atoms with Gasteiger partial charge in [0.05, 0.1) is 11.6 Å². The predicted molar refractivity (Wildman–Crippen MR) is 92.7 cm³/mol. The smallest absolute Gasteiger partial charge is 0.137 e. The molecule has 124 valence electrons. The third kappa shape index (κ3) is 3.93. The number of piperazine rings is 1. The second-order valence-electron chi connectivity index (χ2n) is 5.91. The molecule has 0 bridgehead atoms. The molecule has 0 amide bonds. The van der Waals surface area contributed by atoms with E-state index in [2.05, 4.69) is 29.8 Å². The summed E-state index contributed by atoms with van der Waals surface area (Å²) < 4.78 is 5.52. The molecule has 1 aliphatic heterocycles. The molecular formula is C17H28ClN3O. The third-order valence-corrected chi connectivity index (χ3v) is 4.88. The van der Waals surface area contributed by atoms with Gasteiger partial charge in [-0.2, -0.15) is 0 Å². The van der Waals surface area contributed by atoms with Gasteiger partial charge in [-0.25, -0.2) is 0 Å². The van der Waals surface area contributed by atoms with E-state index in [1.807, 2.05) is 19.1 Å². The molecule has 1 heterocycles. The fraction of sp³-hybridized carbons (Fsp3) is 0.647. The number of halogens is 1. The molecular weight excluding hydrogens is 298 g/mol. The van der Waals surface area contributed by atoms with Crippen LogP contribution in [-0.4, -0.2) is 55.7 Å². The minimum atomic E-state index is 0.218. The van der Waals surface area contributed by atoms with Crippen LogP contribution in [0.15, 0.2) is 18.2 Å². The van der Waals surface area contributed by atoms with E-state index >= 15 is 0 Å². The first-order chi connectivity index (χ1) is 10.6. The summed E-state index contributed by atoms with van der Waals surface area (Å²) in [5.74, 6) is 0.744. The summed E-state index contributed by atoms with van der Waals surface area (Å²) in [5, 5.41) is 0.666. The van der Waals surface area contributed by atoms with Gasteiger partial charge in [0, 0.05) is 38.3 Å². The maximum absolute atomic E-state index is 6.33. The maximum Gasteiger partial charge on any atom is 0.137 e. The largest absolute Gasteiger partial charge is 0.492 e. The Labute approximate surface area is 139 Å². The van der Waals surface area contributed by atoms with E-state index in [0.717, 1.165) is 31.8 Å². The zero-order valence-electron chi connectivity index (χ0n) is 13.9. The Kier molecular flexibility index (Phi) is 6.50. The lowest BCUT2D eigenvalue weighted by molar-refractivity contribution is 0.0644. The molecule has 0 spiro atoms. The average molecular weight is 326 g/mol. The number of rotatable bonds is 6. The van der Waals surface area contributed by atoms with E-state index in [-0.39, 0.29) is 6.04 Å². The van der Waals surface area contributed by atoms with Crippen molar-refractivity contribution in [2.45, 2.75) is 32.4 Å². The second-order valence-corrected chi connectivity index (χ2v) is 6.32. The van der Waals surface area contributed by atoms with Crippen molar-refractivity contribution >= 4 is 11.6 Å². The molecule has 22 heavy (non-hydrogen) atoms.